The molecule has 0 saturated heterocycles. The Morgan fingerprint density at radius 3 is 2.81 bits per heavy atom. The van der Waals surface area contributed by atoms with E-state index < -0.39 is 28.0 Å². The first kappa shape index (κ1) is 21.6. The molecule has 2 aliphatic heterocycles. The lowest BCUT2D eigenvalue weighted by atomic mass is 10.2. The molecule has 1 amide bonds. The number of benzene rings is 2. The molecule has 11 heteroatoms. The molecule has 0 spiro atoms. The highest BCUT2D eigenvalue weighted by Crippen LogP contribution is 2.34. The van der Waals surface area contributed by atoms with Gasteiger partial charge in [-0.25, -0.2) is 8.42 Å². The van der Waals surface area contributed by atoms with E-state index in [4.69, 9.17) is 14.2 Å². The number of hydrogen-bond acceptors (Lipinski definition) is 8. The average Bonchev–Trinajstić information content (AvgIpc) is 3.33. The van der Waals surface area contributed by atoms with Crippen LogP contribution in [0.25, 0.3) is 0 Å². The maximum atomic E-state index is 12.3. The molecule has 0 radical (unpaired) electrons. The Kier molecular flexibility index (Phi) is 5.99. The molecule has 168 valence electrons. The van der Waals surface area contributed by atoms with Crippen molar-refractivity contribution in [1.29, 1.82) is 0 Å². The third-order valence-electron chi connectivity index (χ3n) is 4.79. The van der Waals surface area contributed by atoms with Crippen LogP contribution in [0.2, 0.25) is 0 Å². The maximum Gasteiger partial charge on any atom is 0.306 e. The first-order valence-corrected chi connectivity index (χ1v) is 11.4. The van der Waals surface area contributed by atoms with Gasteiger partial charge in [0.25, 0.3) is 15.9 Å². The van der Waals surface area contributed by atoms with Crippen molar-refractivity contribution in [3.63, 3.8) is 0 Å². The minimum atomic E-state index is -3.59. The molecule has 2 heterocycles. The lowest BCUT2D eigenvalue weighted by Gasteiger charge is -2.13. The van der Waals surface area contributed by atoms with E-state index in [9.17, 15) is 18.0 Å². The van der Waals surface area contributed by atoms with E-state index in [2.05, 4.69) is 15.0 Å². The van der Waals surface area contributed by atoms with Gasteiger partial charge in [-0.3, -0.25) is 19.3 Å². The smallest absolute Gasteiger partial charge is 0.306 e. The molecule has 0 aromatic heterocycles. The third kappa shape index (κ3) is 4.67. The Bertz CT molecular complexity index is 1190. The number of hydrogen-bond donors (Lipinski definition) is 2. The van der Waals surface area contributed by atoms with Crippen LogP contribution in [0, 0.1) is 0 Å². The summed E-state index contributed by atoms with van der Waals surface area (Å²) in [6, 6.07) is 11.5. The molecule has 2 N–H and O–H groups in total. The Hall–Kier alpha value is -3.60. The zero-order valence-electron chi connectivity index (χ0n) is 17.2. The van der Waals surface area contributed by atoms with Gasteiger partial charge in [-0.2, -0.15) is 0 Å². The van der Waals surface area contributed by atoms with Gasteiger partial charge in [0.05, 0.1) is 4.90 Å². The van der Waals surface area contributed by atoms with Gasteiger partial charge in [0.2, 0.25) is 6.79 Å². The summed E-state index contributed by atoms with van der Waals surface area (Å²) in [5.74, 6) is 0.354. The van der Waals surface area contributed by atoms with Crippen LogP contribution in [0.1, 0.15) is 25.3 Å². The molecule has 0 fully saturated rings. The van der Waals surface area contributed by atoms with Gasteiger partial charge in [-0.15, -0.1) is 0 Å². The molecule has 4 rings (SSSR count). The third-order valence-corrected chi connectivity index (χ3v) is 6.19. The molecular weight excluding hydrogens is 438 g/mol. The van der Waals surface area contributed by atoms with Crippen molar-refractivity contribution in [1.82, 2.24) is 4.72 Å². The molecule has 32 heavy (non-hydrogen) atoms. The Morgan fingerprint density at radius 2 is 1.97 bits per heavy atom. The summed E-state index contributed by atoms with van der Waals surface area (Å²) in [7, 11) is -3.59. The quantitative estimate of drug-likeness (QED) is 0.477. The van der Waals surface area contributed by atoms with Crippen LogP contribution in [-0.2, 0) is 24.3 Å². The van der Waals surface area contributed by atoms with E-state index in [1.165, 1.54) is 13.0 Å². The number of nitrogens with one attached hydrogen (secondary N) is 2. The molecule has 0 bridgehead atoms. The van der Waals surface area contributed by atoms with Crippen molar-refractivity contribution in [2.24, 2.45) is 4.99 Å². The fourth-order valence-corrected chi connectivity index (χ4v) is 4.44. The lowest BCUT2D eigenvalue weighted by Crippen LogP contribution is -2.30. The highest BCUT2D eigenvalue weighted by atomic mass is 32.2. The Balaban J connectivity index is 1.24. The van der Waals surface area contributed by atoms with Crippen LogP contribution in [-0.4, -0.2) is 45.6 Å². The van der Waals surface area contributed by atoms with Crippen LogP contribution in [0.3, 0.4) is 0 Å². The minimum absolute atomic E-state index is 0.0345. The van der Waals surface area contributed by atoms with Crippen LogP contribution in [0.15, 0.2) is 52.4 Å². The van der Waals surface area contributed by atoms with Gasteiger partial charge in [0.1, 0.15) is 5.84 Å². The van der Waals surface area contributed by atoms with Crippen LogP contribution < -0.4 is 19.5 Å². The summed E-state index contributed by atoms with van der Waals surface area (Å²) in [5.41, 5.74) is 1.00. The average molecular weight is 459 g/mol. The topological polar surface area (TPSA) is 132 Å². The maximum absolute atomic E-state index is 12.3. The van der Waals surface area contributed by atoms with Crippen molar-refractivity contribution in [3.05, 3.63) is 48.0 Å². The first-order chi connectivity index (χ1) is 15.3. The second-order valence-corrected chi connectivity index (χ2v) is 8.78. The molecule has 0 unspecified atom stereocenters. The van der Waals surface area contributed by atoms with Crippen molar-refractivity contribution in [2.45, 2.75) is 30.8 Å². The van der Waals surface area contributed by atoms with E-state index in [-0.39, 0.29) is 30.5 Å². The zero-order chi connectivity index (χ0) is 22.7. The van der Waals surface area contributed by atoms with Gasteiger partial charge >= 0.3 is 5.97 Å². The fourth-order valence-electron chi connectivity index (χ4n) is 3.19. The van der Waals surface area contributed by atoms with Crippen molar-refractivity contribution < 1.29 is 32.2 Å². The van der Waals surface area contributed by atoms with Gasteiger partial charge in [-0.1, -0.05) is 12.1 Å². The number of sulfonamides is 1. The standard InChI is InChI=1S/C21H21N3O7S/c1-13(21(26)23-14-8-9-16-17(11-14)30-12-29-16)31-19(25)7-4-10-22-20-15-5-2-3-6-18(15)32(27,28)24-20/h2-3,5-6,8-9,11,13H,4,7,10,12H2,1H3,(H,22,24)(H,23,26)/t13-/m1/s1. The molecule has 10 nitrogen and oxygen atoms in total. The van der Waals surface area contributed by atoms with Gasteiger partial charge < -0.3 is 19.5 Å². The van der Waals surface area contributed by atoms with Gasteiger partial charge in [0.15, 0.2) is 17.6 Å². The number of nitrogens with zero attached hydrogens (tertiary/aromatic N) is 1. The summed E-state index contributed by atoms with van der Waals surface area (Å²) in [6.45, 7) is 1.83. The number of fused-ring (bicyclic) bond motifs is 2. The molecular formula is C21H21N3O7S. The van der Waals surface area contributed by atoms with Crippen LogP contribution >= 0.6 is 0 Å². The molecule has 2 aliphatic rings. The lowest BCUT2D eigenvalue weighted by molar-refractivity contribution is -0.153. The number of amidine groups is 1. The van der Waals surface area contributed by atoms with Crippen LogP contribution in [0.4, 0.5) is 5.69 Å². The largest absolute Gasteiger partial charge is 0.454 e. The Morgan fingerprint density at radius 1 is 1.19 bits per heavy atom. The number of rotatable bonds is 7. The summed E-state index contributed by atoms with van der Waals surface area (Å²) >= 11 is 0. The molecule has 2 aromatic carbocycles. The molecule has 0 saturated carbocycles. The van der Waals surface area contributed by atoms with E-state index in [0.717, 1.165) is 0 Å². The number of aliphatic imine (C=N–C) groups is 1. The van der Waals surface area contributed by atoms with Crippen molar-refractivity contribution in [2.75, 3.05) is 18.7 Å². The predicted octanol–water partition coefficient (Wildman–Crippen LogP) is 1.80. The minimum Gasteiger partial charge on any atom is -0.454 e. The van der Waals surface area contributed by atoms with Crippen molar-refractivity contribution >= 4 is 33.4 Å². The number of esters is 1. The number of carbonyl (C=O) groups is 2. The van der Waals surface area contributed by atoms with E-state index in [1.54, 1.807) is 36.4 Å². The number of ether oxygens (including phenoxy) is 3. The molecule has 1 atom stereocenters. The summed E-state index contributed by atoms with van der Waals surface area (Å²) in [5, 5.41) is 2.66. The highest BCUT2D eigenvalue weighted by Gasteiger charge is 2.30. The molecule has 2 aromatic rings. The SMILES string of the molecule is C[C@@H](OC(=O)CCCN=C1NS(=O)(=O)c2ccccc21)C(=O)Nc1ccc2c(c1)OCO2. The highest BCUT2D eigenvalue weighted by molar-refractivity contribution is 7.90. The summed E-state index contributed by atoms with van der Waals surface area (Å²) < 4.78 is 42.2. The second kappa shape index (κ2) is 8.87. The first-order valence-electron chi connectivity index (χ1n) is 9.90. The normalized spacial score (nSPS) is 17.3. The predicted molar refractivity (Wildman–Crippen MR) is 114 cm³/mol. The van der Waals surface area contributed by atoms with E-state index in [1.807, 2.05) is 0 Å². The molecule has 0 aliphatic carbocycles. The summed E-state index contributed by atoms with van der Waals surface area (Å²) in [6.07, 6.45) is -0.622. The monoisotopic (exact) mass is 459 g/mol. The van der Waals surface area contributed by atoms with E-state index in [0.29, 0.717) is 29.2 Å². The number of amides is 1. The number of anilines is 1. The van der Waals surface area contributed by atoms with E-state index >= 15 is 0 Å². The Labute approximate surface area is 184 Å². The van der Waals surface area contributed by atoms with Crippen LogP contribution in [0.5, 0.6) is 11.5 Å². The number of carbonyl (C=O) groups excluding carboxylic acids is 2. The van der Waals surface area contributed by atoms with Gasteiger partial charge in [0, 0.05) is 30.3 Å². The summed E-state index contributed by atoms with van der Waals surface area (Å²) in [4.78, 5) is 28.8. The fraction of sp³-hybridized carbons (Fsp3) is 0.286. The second-order valence-electron chi connectivity index (χ2n) is 7.12. The van der Waals surface area contributed by atoms with Crippen molar-refractivity contribution in [3.8, 4) is 11.5 Å². The van der Waals surface area contributed by atoms with Gasteiger partial charge in [-0.05, 0) is 37.6 Å². The zero-order valence-corrected chi connectivity index (χ0v) is 18.0.